The minimum absolute atomic E-state index is 0.487. The smallest absolute Gasteiger partial charge is 0.0726 e. The number of nitrogens with zero attached hydrogens (tertiary/aromatic N) is 3. The standard InChI is InChI=1S/C8H11N5/c1-13-5-7(4-11-13)8-6(2-9)3-10-12-8/h3-5H,2,9H2,1H3,(H,10,12). The monoisotopic (exact) mass is 177 g/mol. The molecule has 0 atom stereocenters. The summed E-state index contributed by atoms with van der Waals surface area (Å²) >= 11 is 0. The lowest BCUT2D eigenvalue weighted by atomic mass is 10.2. The highest BCUT2D eigenvalue weighted by Gasteiger charge is 2.06. The molecule has 0 saturated carbocycles. The van der Waals surface area contributed by atoms with E-state index < -0.39 is 0 Å². The molecule has 5 heteroatoms. The van der Waals surface area contributed by atoms with Crippen LogP contribution in [0.1, 0.15) is 5.56 Å². The Morgan fingerprint density at radius 3 is 3.00 bits per heavy atom. The minimum atomic E-state index is 0.487. The molecule has 0 aliphatic carbocycles. The van der Waals surface area contributed by atoms with E-state index in [1.165, 1.54) is 0 Å². The maximum atomic E-state index is 5.55. The van der Waals surface area contributed by atoms with Crippen LogP contribution < -0.4 is 5.73 Å². The van der Waals surface area contributed by atoms with E-state index in [9.17, 15) is 0 Å². The Morgan fingerprint density at radius 1 is 1.54 bits per heavy atom. The van der Waals surface area contributed by atoms with E-state index in [-0.39, 0.29) is 0 Å². The molecule has 0 aliphatic heterocycles. The van der Waals surface area contributed by atoms with Gasteiger partial charge in [0.25, 0.3) is 0 Å². The van der Waals surface area contributed by atoms with Crippen LogP contribution in [0.3, 0.4) is 0 Å². The van der Waals surface area contributed by atoms with Crippen molar-refractivity contribution in [3.05, 3.63) is 24.2 Å². The summed E-state index contributed by atoms with van der Waals surface area (Å²) in [6.45, 7) is 0.487. The first-order chi connectivity index (χ1) is 6.31. The molecule has 0 fully saturated rings. The Bertz CT molecular complexity index is 400. The number of hydrogen-bond donors (Lipinski definition) is 2. The zero-order chi connectivity index (χ0) is 9.26. The summed E-state index contributed by atoms with van der Waals surface area (Å²) in [5.41, 5.74) is 8.53. The van der Waals surface area contributed by atoms with E-state index in [1.807, 2.05) is 13.2 Å². The van der Waals surface area contributed by atoms with Crippen LogP contribution in [0.25, 0.3) is 11.3 Å². The van der Waals surface area contributed by atoms with Crippen molar-refractivity contribution in [1.29, 1.82) is 0 Å². The maximum absolute atomic E-state index is 5.55. The van der Waals surface area contributed by atoms with Gasteiger partial charge in [-0.25, -0.2) is 0 Å². The molecule has 13 heavy (non-hydrogen) atoms. The molecule has 2 heterocycles. The number of nitrogens with one attached hydrogen (secondary N) is 1. The van der Waals surface area contributed by atoms with Crippen LogP contribution in [-0.2, 0) is 13.6 Å². The van der Waals surface area contributed by atoms with Gasteiger partial charge in [-0.2, -0.15) is 10.2 Å². The summed E-state index contributed by atoms with van der Waals surface area (Å²) in [5, 5.41) is 10.9. The van der Waals surface area contributed by atoms with Gasteiger partial charge in [0.1, 0.15) is 0 Å². The van der Waals surface area contributed by atoms with Gasteiger partial charge in [0.05, 0.1) is 18.1 Å². The molecule has 0 bridgehead atoms. The highest BCUT2D eigenvalue weighted by atomic mass is 15.2. The first kappa shape index (κ1) is 8.00. The third-order valence-corrected chi connectivity index (χ3v) is 1.93. The molecular weight excluding hydrogens is 166 g/mol. The van der Waals surface area contributed by atoms with Gasteiger partial charge < -0.3 is 5.73 Å². The lowest BCUT2D eigenvalue weighted by Crippen LogP contribution is -1.96. The number of aryl methyl sites for hydroxylation is 1. The highest BCUT2D eigenvalue weighted by Crippen LogP contribution is 2.19. The molecule has 0 radical (unpaired) electrons. The summed E-state index contributed by atoms with van der Waals surface area (Å²) in [4.78, 5) is 0. The molecular formula is C8H11N5. The second-order valence-electron chi connectivity index (χ2n) is 2.88. The molecule has 0 aliphatic rings. The summed E-state index contributed by atoms with van der Waals surface area (Å²) in [7, 11) is 1.88. The average Bonchev–Trinajstić information content (AvgIpc) is 2.71. The molecule has 0 saturated heterocycles. The van der Waals surface area contributed by atoms with Crippen LogP contribution in [-0.4, -0.2) is 20.0 Å². The topological polar surface area (TPSA) is 72.5 Å². The van der Waals surface area contributed by atoms with Gasteiger partial charge >= 0.3 is 0 Å². The largest absolute Gasteiger partial charge is 0.326 e. The number of rotatable bonds is 2. The second kappa shape index (κ2) is 3.02. The molecule has 0 amide bonds. The van der Waals surface area contributed by atoms with Crippen molar-refractivity contribution in [2.45, 2.75) is 6.54 Å². The lowest BCUT2D eigenvalue weighted by molar-refractivity contribution is 0.768. The molecule has 2 aromatic rings. The number of H-pyrrole nitrogens is 1. The summed E-state index contributed by atoms with van der Waals surface area (Å²) in [6.07, 6.45) is 5.45. The molecule has 5 nitrogen and oxygen atoms in total. The van der Waals surface area contributed by atoms with E-state index in [0.29, 0.717) is 6.54 Å². The minimum Gasteiger partial charge on any atom is -0.326 e. The Labute approximate surface area is 75.6 Å². The molecule has 3 N–H and O–H groups in total. The third-order valence-electron chi connectivity index (χ3n) is 1.93. The predicted octanol–water partition coefficient (Wildman–Crippen LogP) is 0.269. The quantitative estimate of drug-likeness (QED) is 0.691. The highest BCUT2D eigenvalue weighted by molar-refractivity contribution is 5.60. The van der Waals surface area contributed by atoms with Crippen molar-refractivity contribution in [2.24, 2.45) is 12.8 Å². The number of aromatic nitrogens is 4. The molecule has 68 valence electrons. The average molecular weight is 177 g/mol. The second-order valence-corrected chi connectivity index (χ2v) is 2.88. The van der Waals surface area contributed by atoms with Crippen molar-refractivity contribution >= 4 is 0 Å². The van der Waals surface area contributed by atoms with Gasteiger partial charge in [0.2, 0.25) is 0 Å². The predicted molar refractivity (Wildman–Crippen MR) is 48.7 cm³/mol. The fourth-order valence-corrected chi connectivity index (χ4v) is 1.27. The normalized spacial score (nSPS) is 10.6. The van der Waals surface area contributed by atoms with Gasteiger partial charge in [0.15, 0.2) is 0 Å². The van der Waals surface area contributed by atoms with Crippen molar-refractivity contribution < 1.29 is 0 Å². The Balaban J connectivity index is 2.45. The Hall–Kier alpha value is -1.62. The van der Waals surface area contributed by atoms with E-state index in [1.54, 1.807) is 17.1 Å². The summed E-state index contributed by atoms with van der Waals surface area (Å²) < 4.78 is 1.75. The molecule has 0 aromatic carbocycles. The van der Waals surface area contributed by atoms with E-state index in [2.05, 4.69) is 15.3 Å². The van der Waals surface area contributed by atoms with Gasteiger partial charge in [-0.15, -0.1) is 0 Å². The van der Waals surface area contributed by atoms with Crippen LogP contribution >= 0.6 is 0 Å². The molecule has 0 unspecified atom stereocenters. The molecule has 2 aromatic heterocycles. The zero-order valence-electron chi connectivity index (χ0n) is 7.36. The van der Waals surface area contributed by atoms with E-state index in [4.69, 9.17) is 5.73 Å². The fraction of sp³-hybridized carbons (Fsp3) is 0.250. The maximum Gasteiger partial charge on any atom is 0.0726 e. The Morgan fingerprint density at radius 2 is 2.38 bits per heavy atom. The van der Waals surface area contributed by atoms with Crippen LogP contribution in [0.15, 0.2) is 18.6 Å². The fourth-order valence-electron chi connectivity index (χ4n) is 1.27. The molecule has 0 spiro atoms. The number of hydrogen-bond acceptors (Lipinski definition) is 3. The third kappa shape index (κ3) is 1.33. The van der Waals surface area contributed by atoms with Crippen molar-refractivity contribution in [1.82, 2.24) is 20.0 Å². The van der Waals surface area contributed by atoms with Crippen molar-refractivity contribution in [2.75, 3.05) is 0 Å². The van der Waals surface area contributed by atoms with Crippen molar-refractivity contribution in [3.8, 4) is 11.3 Å². The number of nitrogens with two attached hydrogens (primary N) is 1. The van der Waals surface area contributed by atoms with Crippen LogP contribution in [0, 0.1) is 0 Å². The number of aromatic amines is 1. The van der Waals surface area contributed by atoms with Crippen LogP contribution in [0.5, 0.6) is 0 Å². The first-order valence-corrected chi connectivity index (χ1v) is 4.02. The van der Waals surface area contributed by atoms with Gasteiger partial charge in [-0.1, -0.05) is 0 Å². The van der Waals surface area contributed by atoms with Gasteiger partial charge in [-0.05, 0) is 0 Å². The SMILES string of the molecule is Cn1cc(-c2[nH]ncc2CN)cn1. The van der Waals surface area contributed by atoms with Gasteiger partial charge in [0, 0.05) is 30.9 Å². The van der Waals surface area contributed by atoms with Crippen molar-refractivity contribution in [3.63, 3.8) is 0 Å². The van der Waals surface area contributed by atoms with Gasteiger partial charge in [-0.3, -0.25) is 9.78 Å². The summed E-state index contributed by atoms with van der Waals surface area (Å²) in [5.74, 6) is 0. The zero-order valence-corrected chi connectivity index (χ0v) is 7.36. The first-order valence-electron chi connectivity index (χ1n) is 4.02. The lowest BCUT2D eigenvalue weighted by Gasteiger charge is -1.94. The van der Waals surface area contributed by atoms with E-state index in [0.717, 1.165) is 16.8 Å². The van der Waals surface area contributed by atoms with E-state index >= 15 is 0 Å². The molecule has 2 rings (SSSR count). The van der Waals surface area contributed by atoms with Crippen LogP contribution in [0.4, 0.5) is 0 Å². The Kier molecular flexibility index (Phi) is 1.86. The van der Waals surface area contributed by atoms with Crippen LogP contribution in [0.2, 0.25) is 0 Å². The summed E-state index contributed by atoms with van der Waals surface area (Å²) in [6, 6.07) is 0.